The van der Waals surface area contributed by atoms with Crippen molar-refractivity contribution in [1.29, 1.82) is 0 Å². The summed E-state index contributed by atoms with van der Waals surface area (Å²) in [6, 6.07) is 3.57. The zero-order valence-electron chi connectivity index (χ0n) is 11.3. The molecule has 0 saturated carbocycles. The lowest BCUT2D eigenvalue weighted by atomic mass is 10.3. The number of ether oxygens (including phenoxy) is 1. The monoisotopic (exact) mass is 322 g/mol. The van der Waals surface area contributed by atoms with Crippen molar-refractivity contribution < 1.29 is 21.6 Å². The minimum atomic E-state index is -3.87. The van der Waals surface area contributed by atoms with Gasteiger partial charge in [-0.25, -0.2) is 21.6 Å². The highest BCUT2D eigenvalue weighted by Gasteiger charge is 2.20. The molecule has 0 amide bonds. The number of sulfone groups is 1. The molecule has 1 rings (SSSR count). The average Bonchev–Trinajstić information content (AvgIpc) is 2.33. The molecule has 0 bridgehead atoms. The number of nitrogens with two attached hydrogens (primary N) is 1. The van der Waals surface area contributed by atoms with Crippen LogP contribution in [0.5, 0.6) is 0 Å². The summed E-state index contributed by atoms with van der Waals surface area (Å²) in [5.74, 6) is 0. The van der Waals surface area contributed by atoms with Crippen LogP contribution in [0.4, 0.5) is 5.69 Å². The molecule has 0 heterocycles. The second-order valence-electron chi connectivity index (χ2n) is 4.07. The van der Waals surface area contributed by atoms with Crippen LogP contribution < -0.4 is 10.5 Å². The number of sulfonamides is 1. The van der Waals surface area contributed by atoms with Crippen molar-refractivity contribution in [2.75, 3.05) is 31.7 Å². The van der Waals surface area contributed by atoms with Gasteiger partial charge in [-0.15, -0.1) is 0 Å². The van der Waals surface area contributed by atoms with Crippen LogP contribution in [-0.2, 0) is 24.6 Å². The van der Waals surface area contributed by atoms with Gasteiger partial charge in [0.2, 0.25) is 10.0 Å². The maximum atomic E-state index is 12.1. The molecule has 0 saturated heterocycles. The van der Waals surface area contributed by atoms with Crippen molar-refractivity contribution >= 4 is 25.5 Å². The van der Waals surface area contributed by atoms with Gasteiger partial charge in [0.25, 0.3) is 0 Å². The van der Waals surface area contributed by atoms with Crippen molar-refractivity contribution in [1.82, 2.24) is 4.72 Å². The highest BCUT2D eigenvalue weighted by molar-refractivity contribution is 7.91. The Hall–Kier alpha value is -1.16. The molecule has 0 fully saturated rings. The van der Waals surface area contributed by atoms with Crippen molar-refractivity contribution in [2.45, 2.75) is 16.7 Å². The van der Waals surface area contributed by atoms with Crippen molar-refractivity contribution in [3.05, 3.63) is 18.2 Å². The third kappa shape index (κ3) is 4.44. The summed E-state index contributed by atoms with van der Waals surface area (Å²) >= 11 is 0. The molecule has 9 heteroatoms. The molecule has 0 aliphatic carbocycles. The van der Waals surface area contributed by atoms with Gasteiger partial charge in [-0.2, -0.15) is 0 Å². The van der Waals surface area contributed by atoms with Gasteiger partial charge in [0.1, 0.15) is 4.90 Å². The number of rotatable bonds is 7. The van der Waals surface area contributed by atoms with Gasteiger partial charge in [-0.1, -0.05) is 0 Å². The van der Waals surface area contributed by atoms with E-state index in [4.69, 9.17) is 10.5 Å². The third-order valence-electron chi connectivity index (χ3n) is 2.45. The van der Waals surface area contributed by atoms with Crippen LogP contribution in [0.2, 0.25) is 0 Å². The molecular weight excluding hydrogens is 304 g/mol. The quantitative estimate of drug-likeness (QED) is 0.539. The standard InChI is InChI=1S/C11H18N2O5S2/c1-3-18-7-6-13-20(16,17)11-8-9(19(2,14)15)4-5-10(11)12/h4-5,8,13H,3,6-7,12H2,1-2H3. The first-order valence-corrected chi connectivity index (χ1v) is 9.23. The first-order valence-electron chi connectivity index (χ1n) is 5.85. The number of hydrogen-bond acceptors (Lipinski definition) is 6. The summed E-state index contributed by atoms with van der Waals surface area (Å²) in [5, 5.41) is 0. The number of anilines is 1. The van der Waals surface area contributed by atoms with E-state index >= 15 is 0 Å². The van der Waals surface area contributed by atoms with Crippen LogP contribution in [-0.4, -0.2) is 42.8 Å². The second kappa shape index (κ2) is 6.53. The lowest BCUT2D eigenvalue weighted by molar-refractivity contribution is 0.153. The summed E-state index contributed by atoms with van der Waals surface area (Å²) in [6.45, 7) is 2.58. The molecule has 7 nitrogen and oxygen atoms in total. The van der Waals surface area contributed by atoms with Gasteiger partial charge < -0.3 is 10.5 Å². The maximum absolute atomic E-state index is 12.1. The van der Waals surface area contributed by atoms with Gasteiger partial charge in [0.15, 0.2) is 9.84 Å². The molecule has 1 aromatic carbocycles. The SMILES string of the molecule is CCOCCNS(=O)(=O)c1cc(S(C)(=O)=O)ccc1N. The van der Waals surface area contributed by atoms with Gasteiger partial charge >= 0.3 is 0 Å². The highest BCUT2D eigenvalue weighted by Crippen LogP contribution is 2.22. The van der Waals surface area contributed by atoms with Crippen molar-refractivity contribution in [3.63, 3.8) is 0 Å². The Balaban J connectivity index is 3.05. The highest BCUT2D eigenvalue weighted by atomic mass is 32.2. The fourth-order valence-corrected chi connectivity index (χ4v) is 3.34. The van der Waals surface area contributed by atoms with Gasteiger partial charge in [0.05, 0.1) is 17.2 Å². The van der Waals surface area contributed by atoms with E-state index in [2.05, 4.69) is 4.72 Å². The molecule has 0 atom stereocenters. The van der Waals surface area contributed by atoms with E-state index in [0.29, 0.717) is 6.61 Å². The third-order valence-corrected chi connectivity index (χ3v) is 5.07. The van der Waals surface area contributed by atoms with Crippen molar-refractivity contribution in [3.8, 4) is 0 Å². The summed E-state index contributed by atoms with van der Waals surface area (Å²) < 4.78 is 54.3. The van der Waals surface area contributed by atoms with Crippen LogP contribution in [0.3, 0.4) is 0 Å². The number of nitrogen functional groups attached to an aromatic ring is 1. The Labute approximate surface area is 119 Å². The van der Waals surface area contributed by atoms with Gasteiger partial charge in [-0.05, 0) is 25.1 Å². The number of hydrogen-bond donors (Lipinski definition) is 2. The predicted octanol–water partition coefficient (Wildman–Crippen LogP) is -0.0129. The summed E-state index contributed by atoms with van der Waals surface area (Å²) in [7, 11) is -7.38. The fraction of sp³-hybridized carbons (Fsp3) is 0.455. The van der Waals surface area contributed by atoms with Crippen LogP contribution in [0, 0.1) is 0 Å². The van der Waals surface area contributed by atoms with E-state index < -0.39 is 19.9 Å². The minimum Gasteiger partial charge on any atom is -0.398 e. The zero-order valence-corrected chi connectivity index (χ0v) is 12.9. The first kappa shape index (κ1) is 16.9. The summed E-state index contributed by atoms with van der Waals surface area (Å²) in [4.78, 5) is -0.353. The van der Waals surface area contributed by atoms with Crippen LogP contribution in [0.1, 0.15) is 6.92 Å². The van der Waals surface area contributed by atoms with E-state index in [1.54, 1.807) is 6.92 Å². The molecule has 0 aromatic heterocycles. The fourth-order valence-electron chi connectivity index (χ4n) is 1.45. The lowest BCUT2D eigenvalue weighted by Crippen LogP contribution is -2.28. The first-order chi connectivity index (χ1) is 9.18. The summed E-state index contributed by atoms with van der Waals surface area (Å²) in [6.07, 6.45) is 0.997. The average molecular weight is 322 g/mol. The number of nitrogens with one attached hydrogen (secondary N) is 1. The van der Waals surface area contributed by atoms with Crippen LogP contribution >= 0.6 is 0 Å². The van der Waals surface area contributed by atoms with Gasteiger partial charge in [0, 0.05) is 19.4 Å². The van der Waals surface area contributed by atoms with E-state index in [9.17, 15) is 16.8 Å². The smallest absolute Gasteiger partial charge is 0.242 e. The molecule has 0 unspecified atom stereocenters. The molecule has 1 aromatic rings. The maximum Gasteiger partial charge on any atom is 0.242 e. The van der Waals surface area contributed by atoms with E-state index in [-0.39, 0.29) is 28.6 Å². The Morgan fingerprint density at radius 3 is 2.45 bits per heavy atom. The Kier molecular flexibility index (Phi) is 5.51. The van der Waals surface area contributed by atoms with E-state index in [1.165, 1.54) is 12.1 Å². The Morgan fingerprint density at radius 2 is 1.90 bits per heavy atom. The zero-order chi connectivity index (χ0) is 15.4. The largest absolute Gasteiger partial charge is 0.398 e. The molecule has 3 N–H and O–H groups in total. The topological polar surface area (TPSA) is 116 Å². The minimum absolute atomic E-state index is 0.0127. The lowest BCUT2D eigenvalue weighted by Gasteiger charge is -2.10. The molecule has 114 valence electrons. The molecule has 0 aliphatic rings. The molecule has 0 radical (unpaired) electrons. The Morgan fingerprint density at radius 1 is 1.25 bits per heavy atom. The molecule has 20 heavy (non-hydrogen) atoms. The molecule has 0 spiro atoms. The van der Waals surface area contributed by atoms with Crippen LogP contribution in [0.25, 0.3) is 0 Å². The van der Waals surface area contributed by atoms with E-state index in [0.717, 1.165) is 12.3 Å². The normalized spacial score (nSPS) is 12.5. The molecule has 0 aliphatic heterocycles. The second-order valence-corrected chi connectivity index (χ2v) is 7.82. The summed E-state index contributed by atoms with van der Waals surface area (Å²) in [5.41, 5.74) is 5.59. The number of benzene rings is 1. The predicted molar refractivity (Wildman–Crippen MR) is 75.6 cm³/mol. The van der Waals surface area contributed by atoms with Crippen LogP contribution in [0.15, 0.2) is 28.0 Å². The van der Waals surface area contributed by atoms with E-state index in [1.807, 2.05) is 0 Å². The van der Waals surface area contributed by atoms with Crippen molar-refractivity contribution in [2.24, 2.45) is 0 Å². The molecular formula is C11H18N2O5S2. The van der Waals surface area contributed by atoms with Gasteiger partial charge in [-0.3, -0.25) is 0 Å². The Bertz CT molecular complexity index is 668.